The van der Waals surface area contributed by atoms with Gasteiger partial charge in [0.05, 0.1) is 41.9 Å². The normalized spacial score (nSPS) is 16.6. The highest BCUT2D eigenvalue weighted by Crippen LogP contribution is 2.38. The van der Waals surface area contributed by atoms with Crippen molar-refractivity contribution in [2.24, 2.45) is 0 Å². The van der Waals surface area contributed by atoms with Gasteiger partial charge >= 0.3 is 6.03 Å². The van der Waals surface area contributed by atoms with Crippen LogP contribution in [0.1, 0.15) is 65.7 Å². The monoisotopic (exact) mass is 910 g/mol. The van der Waals surface area contributed by atoms with Gasteiger partial charge in [0.2, 0.25) is 5.91 Å². The van der Waals surface area contributed by atoms with Crippen LogP contribution in [0.15, 0.2) is 91.8 Å². The van der Waals surface area contributed by atoms with Crippen molar-refractivity contribution >= 4 is 46.0 Å². The Labute approximate surface area is 386 Å². The van der Waals surface area contributed by atoms with E-state index in [4.69, 9.17) is 9.47 Å². The van der Waals surface area contributed by atoms with E-state index < -0.39 is 29.2 Å². The number of nitrogens with zero attached hydrogens (tertiary/aromatic N) is 5. The number of imide groups is 1. The maximum absolute atomic E-state index is 15.2. The number of methoxy groups -OCH3 is 1. The maximum atomic E-state index is 15.2. The number of aromatic amines is 1. The number of carbonyl (C=O) groups excluding carboxylic acids is 3. The predicted octanol–water partition coefficient (Wildman–Crippen LogP) is 8.15. The van der Waals surface area contributed by atoms with Crippen LogP contribution in [0.4, 0.5) is 25.0 Å². The summed E-state index contributed by atoms with van der Waals surface area (Å²) in [7, 11) is 1.56. The summed E-state index contributed by atoms with van der Waals surface area (Å²) in [5.41, 5.74) is 5.82. The maximum Gasteiger partial charge on any atom is 0.328 e. The predicted molar refractivity (Wildman–Crippen MR) is 251 cm³/mol. The number of carbonyl (C=O) groups is 3. The van der Waals surface area contributed by atoms with E-state index in [1.165, 1.54) is 49.3 Å². The first-order valence-corrected chi connectivity index (χ1v) is 22.3. The second-order valence-corrected chi connectivity index (χ2v) is 18.0. The van der Waals surface area contributed by atoms with Crippen LogP contribution >= 0.6 is 0 Å². The van der Waals surface area contributed by atoms with E-state index in [0.717, 1.165) is 66.6 Å². The van der Waals surface area contributed by atoms with Crippen molar-refractivity contribution in [1.82, 2.24) is 30.1 Å². The van der Waals surface area contributed by atoms with Crippen molar-refractivity contribution < 1.29 is 37.7 Å². The number of piperidine rings is 1. The van der Waals surface area contributed by atoms with Gasteiger partial charge in [0, 0.05) is 73.7 Å². The summed E-state index contributed by atoms with van der Waals surface area (Å²) in [4.78, 5) is 56.4. The van der Waals surface area contributed by atoms with E-state index >= 15 is 8.78 Å². The van der Waals surface area contributed by atoms with Crippen LogP contribution in [-0.4, -0.2) is 99.7 Å². The fourth-order valence-electron chi connectivity index (χ4n) is 9.24. The Kier molecular flexibility index (Phi) is 12.1. The lowest BCUT2D eigenvalue weighted by atomic mass is 9.88. The number of aromatic nitrogens is 3. The average molecular weight is 911 g/mol. The van der Waals surface area contributed by atoms with E-state index in [0.29, 0.717) is 64.6 Å². The molecule has 4 aromatic carbocycles. The van der Waals surface area contributed by atoms with Crippen LogP contribution in [0.3, 0.4) is 0 Å². The zero-order valence-electron chi connectivity index (χ0n) is 37.8. The molecule has 9 rings (SSSR count). The highest BCUT2D eigenvalue weighted by Gasteiger charge is 2.40. The topological polar surface area (TPSA) is 165 Å². The molecular weight excluding hydrogens is 859 g/mol. The van der Waals surface area contributed by atoms with Crippen molar-refractivity contribution in [3.63, 3.8) is 0 Å². The number of urea groups is 1. The standard InChI is InChI=1S/C51H52F2N8O6/c1-30-38(24-36(52)25-41(30)57-48(63)37-12-11-35(23-40(37)53)50(3,4)65)46-39-26-42(56-47(39)55-29-54-46)33-8-6-32(7-9-33)27-59-18-15-51(16-19-59)28-60(20-21-67-51)31(2)34-10-13-44(66-5)43(22-34)61-17-14-45(62)58-49(61)64/h6-13,22-26,29,65H,2,14-21,27-28H2,1,3-5H3,(H,57,63)(H,54,55,56)(H,58,62,64). The summed E-state index contributed by atoms with van der Waals surface area (Å²) < 4.78 is 42.3. The first-order chi connectivity index (χ1) is 32.1. The zero-order chi connectivity index (χ0) is 47.2. The molecule has 2 aromatic heterocycles. The minimum atomic E-state index is -1.29. The van der Waals surface area contributed by atoms with Gasteiger partial charge in [0.15, 0.2) is 0 Å². The molecule has 4 N–H and O–H groups in total. The third kappa shape index (κ3) is 9.24. The largest absolute Gasteiger partial charge is 0.495 e. The van der Waals surface area contributed by atoms with Crippen LogP contribution < -0.4 is 20.3 Å². The van der Waals surface area contributed by atoms with Crippen LogP contribution in [0, 0.1) is 18.6 Å². The second kappa shape index (κ2) is 18.0. The number of aliphatic hydroxyl groups is 1. The smallest absolute Gasteiger partial charge is 0.328 e. The van der Waals surface area contributed by atoms with Crippen LogP contribution in [-0.2, 0) is 21.7 Å². The van der Waals surface area contributed by atoms with E-state index in [1.807, 2.05) is 24.3 Å². The molecule has 3 fully saturated rings. The van der Waals surface area contributed by atoms with Crippen molar-refractivity contribution in [1.29, 1.82) is 0 Å². The Morgan fingerprint density at radius 3 is 2.48 bits per heavy atom. The molecule has 5 heterocycles. The van der Waals surface area contributed by atoms with E-state index in [9.17, 15) is 19.5 Å². The molecular formula is C51H52F2N8O6. The molecule has 67 heavy (non-hydrogen) atoms. The minimum absolute atomic E-state index is 0.166. The Hall–Kier alpha value is -7.01. The van der Waals surface area contributed by atoms with Crippen molar-refractivity contribution in [2.45, 2.75) is 57.8 Å². The molecule has 6 aromatic rings. The quantitative estimate of drug-likeness (QED) is 0.0998. The second-order valence-electron chi connectivity index (χ2n) is 18.0. The zero-order valence-corrected chi connectivity index (χ0v) is 37.8. The Bertz CT molecular complexity index is 2920. The summed E-state index contributed by atoms with van der Waals surface area (Å²) >= 11 is 0. The minimum Gasteiger partial charge on any atom is -0.495 e. The Morgan fingerprint density at radius 1 is 0.985 bits per heavy atom. The number of nitrogens with one attached hydrogen (secondary N) is 3. The fourth-order valence-corrected chi connectivity index (χ4v) is 9.24. The van der Waals surface area contributed by atoms with Crippen molar-refractivity contribution in [3.8, 4) is 28.3 Å². The van der Waals surface area contributed by atoms with Crippen LogP contribution in [0.25, 0.3) is 39.2 Å². The molecule has 3 aliphatic heterocycles. The lowest BCUT2D eigenvalue weighted by Crippen LogP contribution is -2.56. The fraction of sp³-hybridized carbons (Fsp3) is 0.314. The third-order valence-electron chi connectivity index (χ3n) is 13.1. The first-order valence-electron chi connectivity index (χ1n) is 22.3. The SMILES string of the molecule is C=C(c1ccc(OC)c(N2CCC(=O)NC2=O)c1)N1CCOC2(CCN(Cc3ccc(-c4cc5c(-c6cc(F)cc(NC(=O)c7ccc(C(C)(C)O)cc7F)c6C)ncnc5[nH]4)cc3)CC2)C1. The lowest BCUT2D eigenvalue weighted by Gasteiger charge is -2.48. The number of rotatable bonds is 11. The average Bonchev–Trinajstić information content (AvgIpc) is 3.75. The molecule has 0 radical (unpaired) electrons. The number of benzene rings is 4. The van der Waals surface area contributed by atoms with Crippen molar-refractivity contribution in [3.05, 3.63) is 131 Å². The first kappa shape index (κ1) is 45.2. The van der Waals surface area contributed by atoms with Gasteiger partial charge in [-0.2, -0.15) is 0 Å². The van der Waals surface area contributed by atoms with Crippen molar-refractivity contribution in [2.75, 3.05) is 56.7 Å². The van der Waals surface area contributed by atoms with Crippen LogP contribution in [0.5, 0.6) is 5.75 Å². The lowest BCUT2D eigenvalue weighted by molar-refractivity contribution is -0.125. The molecule has 346 valence electrons. The number of hydrogen-bond donors (Lipinski definition) is 4. The van der Waals surface area contributed by atoms with Gasteiger partial charge in [-0.1, -0.05) is 36.9 Å². The molecule has 0 atom stereocenters. The summed E-state index contributed by atoms with van der Waals surface area (Å²) in [5.74, 6) is -1.93. The van der Waals surface area contributed by atoms with Gasteiger partial charge < -0.3 is 29.8 Å². The van der Waals surface area contributed by atoms with E-state index in [2.05, 4.69) is 66.2 Å². The van der Waals surface area contributed by atoms with Crippen LogP contribution in [0.2, 0.25) is 0 Å². The van der Waals surface area contributed by atoms with E-state index in [1.54, 1.807) is 14.0 Å². The molecule has 0 unspecified atom stereocenters. The molecule has 0 saturated carbocycles. The summed E-state index contributed by atoms with van der Waals surface area (Å²) in [6, 6.07) is 21.9. The van der Waals surface area contributed by atoms with Gasteiger partial charge in [0.1, 0.15) is 29.4 Å². The molecule has 3 saturated heterocycles. The number of ether oxygens (including phenoxy) is 2. The molecule has 0 aliphatic carbocycles. The number of fused-ring (bicyclic) bond motifs is 1. The van der Waals surface area contributed by atoms with Gasteiger partial charge in [-0.3, -0.25) is 24.7 Å². The summed E-state index contributed by atoms with van der Waals surface area (Å²) in [6.45, 7) is 14.0. The molecule has 4 amide bonds. The van der Waals surface area contributed by atoms with Gasteiger partial charge in [0.25, 0.3) is 5.91 Å². The number of halogens is 2. The highest BCUT2D eigenvalue weighted by molar-refractivity contribution is 6.07. The molecule has 1 spiro atoms. The van der Waals surface area contributed by atoms with Gasteiger partial charge in [-0.05, 0) is 110 Å². The number of hydrogen-bond acceptors (Lipinski definition) is 10. The summed E-state index contributed by atoms with van der Waals surface area (Å²) in [5, 5.41) is 16.0. The molecule has 0 bridgehead atoms. The Balaban J connectivity index is 0.844. The number of morpholine rings is 1. The molecule has 16 heteroatoms. The number of likely N-dealkylation sites (tertiary alicyclic amines) is 1. The Morgan fingerprint density at radius 2 is 1.76 bits per heavy atom. The number of anilines is 2. The summed E-state index contributed by atoms with van der Waals surface area (Å²) in [6.07, 6.45) is 3.33. The molecule has 3 aliphatic rings. The van der Waals surface area contributed by atoms with E-state index in [-0.39, 0.29) is 35.7 Å². The number of amides is 4. The number of H-pyrrole nitrogens is 1. The highest BCUT2D eigenvalue weighted by atomic mass is 19.1. The van der Waals surface area contributed by atoms with Gasteiger partial charge in [-0.25, -0.2) is 23.5 Å². The third-order valence-corrected chi connectivity index (χ3v) is 13.1. The van der Waals surface area contributed by atoms with Gasteiger partial charge in [-0.15, -0.1) is 0 Å². The molecule has 14 nitrogen and oxygen atoms in total.